The fourth-order valence-electron chi connectivity index (χ4n) is 4.81. The second-order valence-electron chi connectivity index (χ2n) is 7.61. The second-order valence-corrected chi connectivity index (χ2v) is 7.61. The van der Waals surface area contributed by atoms with Crippen LogP contribution in [0.2, 0.25) is 0 Å². The van der Waals surface area contributed by atoms with Crippen LogP contribution in [-0.2, 0) is 9.53 Å². The van der Waals surface area contributed by atoms with Crippen molar-refractivity contribution in [2.75, 3.05) is 19.7 Å². The highest BCUT2D eigenvalue weighted by molar-refractivity contribution is 5.76. The lowest BCUT2D eigenvalue weighted by atomic mass is 9.59. The molecule has 0 aromatic rings. The third-order valence-corrected chi connectivity index (χ3v) is 6.06. The summed E-state index contributed by atoms with van der Waals surface area (Å²) in [7, 11) is 0. The summed E-state index contributed by atoms with van der Waals surface area (Å²) in [4.78, 5) is 12.3. The van der Waals surface area contributed by atoms with E-state index in [9.17, 15) is 4.79 Å². The van der Waals surface area contributed by atoms with E-state index in [0.717, 1.165) is 25.8 Å². The molecule has 1 saturated heterocycles. The number of allylic oxidation sites excluding steroid dienone is 2. The fourth-order valence-corrected chi connectivity index (χ4v) is 4.81. The SMILES string of the molecule is CC1=C2C[C@@H]3[C@H](CNCCCO)C(=O)O[C@@H]3C[C@@]2(C)CCC1. The monoisotopic (exact) mass is 307 g/mol. The summed E-state index contributed by atoms with van der Waals surface area (Å²) in [5.41, 5.74) is 3.42. The summed E-state index contributed by atoms with van der Waals surface area (Å²) in [6, 6.07) is 0. The molecule has 2 N–H and O–H groups in total. The molecule has 1 saturated carbocycles. The average molecular weight is 307 g/mol. The third-order valence-electron chi connectivity index (χ3n) is 6.06. The first kappa shape index (κ1) is 16.0. The van der Waals surface area contributed by atoms with Gasteiger partial charge in [-0.2, -0.15) is 0 Å². The molecule has 0 aromatic heterocycles. The average Bonchev–Trinajstić information content (AvgIpc) is 2.76. The van der Waals surface area contributed by atoms with Crippen LogP contribution >= 0.6 is 0 Å². The summed E-state index contributed by atoms with van der Waals surface area (Å²) in [5.74, 6) is 0.299. The first-order valence-electron chi connectivity index (χ1n) is 8.76. The number of hydrogen-bond donors (Lipinski definition) is 2. The number of esters is 1. The second kappa shape index (κ2) is 6.32. The van der Waals surface area contributed by atoms with Gasteiger partial charge in [0.15, 0.2) is 0 Å². The summed E-state index contributed by atoms with van der Waals surface area (Å²) in [6.45, 7) is 6.28. The Morgan fingerprint density at radius 2 is 2.27 bits per heavy atom. The van der Waals surface area contributed by atoms with Crippen molar-refractivity contribution in [3.8, 4) is 0 Å². The third kappa shape index (κ3) is 2.83. The maximum atomic E-state index is 12.3. The number of rotatable bonds is 5. The number of hydrogen-bond acceptors (Lipinski definition) is 4. The molecule has 3 aliphatic rings. The summed E-state index contributed by atoms with van der Waals surface area (Å²) < 4.78 is 5.73. The van der Waals surface area contributed by atoms with E-state index in [1.165, 1.54) is 19.3 Å². The van der Waals surface area contributed by atoms with Crippen LogP contribution in [0.15, 0.2) is 11.1 Å². The number of aliphatic hydroxyl groups is 1. The number of aliphatic hydroxyl groups excluding tert-OH is 1. The number of carbonyl (C=O) groups is 1. The minimum atomic E-state index is -0.0213. The van der Waals surface area contributed by atoms with Crippen molar-refractivity contribution in [2.24, 2.45) is 17.3 Å². The van der Waals surface area contributed by atoms with Gasteiger partial charge in [-0.3, -0.25) is 4.79 Å². The zero-order valence-electron chi connectivity index (χ0n) is 13.9. The van der Waals surface area contributed by atoms with Gasteiger partial charge in [-0.05, 0) is 57.4 Å². The van der Waals surface area contributed by atoms with Crippen LogP contribution in [0.3, 0.4) is 0 Å². The van der Waals surface area contributed by atoms with Crippen LogP contribution in [0.4, 0.5) is 0 Å². The Morgan fingerprint density at radius 3 is 3.05 bits per heavy atom. The molecule has 0 aromatic carbocycles. The molecule has 4 nitrogen and oxygen atoms in total. The molecular formula is C18H29NO3. The Labute approximate surface area is 133 Å². The van der Waals surface area contributed by atoms with Crippen LogP contribution in [0.1, 0.15) is 52.4 Å². The molecular weight excluding hydrogens is 278 g/mol. The van der Waals surface area contributed by atoms with Crippen molar-refractivity contribution in [2.45, 2.75) is 58.5 Å². The van der Waals surface area contributed by atoms with Gasteiger partial charge in [0, 0.05) is 19.1 Å². The number of carbonyl (C=O) groups excluding carboxylic acids is 1. The van der Waals surface area contributed by atoms with Crippen LogP contribution in [0, 0.1) is 17.3 Å². The highest BCUT2D eigenvalue weighted by Gasteiger charge is 2.52. The van der Waals surface area contributed by atoms with E-state index in [4.69, 9.17) is 9.84 Å². The van der Waals surface area contributed by atoms with E-state index in [1.54, 1.807) is 11.1 Å². The molecule has 124 valence electrons. The van der Waals surface area contributed by atoms with Crippen LogP contribution in [-0.4, -0.2) is 36.9 Å². The van der Waals surface area contributed by atoms with Crippen molar-refractivity contribution >= 4 is 5.97 Å². The first-order valence-corrected chi connectivity index (χ1v) is 8.76. The minimum absolute atomic E-state index is 0.0181. The Morgan fingerprint density at radius 1 is 1.45 bits per heavy atom. The molecule has 2 fully saturated rings. The van der Waals surface area contributed by atoms with E-state index in [2.05, 4.69) is 19.2 Å². The summed E-state index contributed by atoms with van der Waals surface area (Å²) in [6.07, 6.45) is 6.60. The van der Waals surface area contributed by atoms with Gasteiger partial charge in [0.05, 0.1) is 5.92 Å². The predicted octanol–water partition coefficient (Wildman–Crippen LogP) is 2.42. The van der Waals surface area contributed by atoms with Crippen LogP contribution < -0.4 is 5.32 Å². The lowest BCUT2D eigenvalue weighted by molar-refractivity contribution is -0.145. The number of fused-ring (bicyclic) bond motifs is 2. The molecule has 22 heavy (non-hydrogen) atoms. The molecule has 0 spiro atoms. The largest absolute Gasteiger partial charge is 0.462 e. The van der Waals surface area contributed by atoms with Gasteiger partial charge in [-0.25, -0.2) is 0 Å². The molecule has 2 aliphatic carbocycles. The Bertz CT molecular complexity index is 473. The van der Waals surface area contributed by atoms with Gasteiger partial charge in [-0.15, -0.1) is 0 Å². The standard InChI is InChI=1S/C18H29NO3/c1-12-5-3-6-18(2)10-16-13(9-15(12)18)14(17(21)22-16)11-19-7-4-8-20/h13-14,16,19-20H,3-11H2,1-2H3/t13-,14+,16-,18-/m1/s1. The molecule has 1 heterocycles. The summed E-state index contributed by atoms with van der Waals surface area (Å²) >= 11 is 0. The number of nitrogens with one attached hydrogen (secondary N) is 1. The van der Waals surface area contributed by atoms with E-state index in [-0.39, 0.29) is 30.0 Å². The smallest absolute Gasteiger partial charge is 0.310 e. The maximum Gasteiger partial charge on any atom is 0.310 e. The highest BCUT2D eigenvalue weighted by atomic mass is 16.6. The van der Waals surface area contributed by atoms with Crippen LogP contribution in [0.5, 0.6) is 0 Å². The van der Waals surface area contributed by atoms with E-state index in [0.29, 0.717) is 12.5 Å². The quantitative estimate of drug-likeness (QED) is 0.465. The normalized spacial score (nSPS) is 37.8. The molecule has 4 atom stereocenters. The van der Waals surface area contributed by atoms with Crippen molar-refractivity contribution in [3.05, 3.63) is 11.1 Å². The minimum Gasteiger partial charge on any atom is -0.462 e. The van der Waals surface area contributed by atoms with Crippen molar-refractivity contribution in [1.82, 2.24) is 5.32 Å². The lowest BCUT2D eigenvalue weighted by Gasteiger charge is -2.45. The first-order chi connectivity index (χ1) is 10.5. The molecule has 3 rings (SSSR count). The summed E-state index contributed by atoms with van der Waals surface area (Å²) in [5, 5.41) is 12.2. The lowest BCUT2D eigenvalue weighted by Crippen LogP contribution is -2.40. The van der Waals surface area contributed by atoms with E-state index >= 15 is 0 Å². The zero-order chi connectivity index (χ0) is 15.7. The highest BCUT2D eigenvalue weighted by Crippen LogP contribution is 2.54. The van der Waals surface area contributed by atoms with Crippen molar-refractivity contribution < 1.29 is 14.6 Å². The molecule has 0 unspecified atom stereocenters. The van der Waals surface area contributed by atoms with Crippen molar-refractivity contribution in [3.63, 3.8) is 0 Å². The van der Waals surface area contributed by atoms with Gasteiger partial charge in [0.1, 0.15) is 6.10 Å². The fraction of sp³-hybridized carbons (Fsp3) is 0.833. The van der Waals surface area contributed by atoms with Gasteiger partial charge >= 0.3 is 5.97 Å². The maximum absolute atomic E-state index is 12.3. The van der Waals surface area contributed by atoms with Gasteiger partial charge in [-0.1, -0.05) is 18.1 Å². The van der Waals surface area contributed by atoms with Gasteiger partial charge in [0.2, 0.25) is 0 Å². The Balaban J connectivity index is 1.71. The van der Waals surface area contributed by atoms with E-state index in [1.807, 2.05) is 0 Å². The van der Waals surface area contributed by atoms with Gasteiger partial charge in [0.25, 0.3) is 0 Å². The van der Waals surface area contributed by atoms with Crippen molar-refractivity contribution in [1.29, 1.82) is 0 Å². The van der Waals surface area contributed by atoms with E-state index < -0.39 is 0 Å². The zero-order valence-corrected chi connectivity index (χ0v) is 13.9. The number of ether oxygens (including phenoxy) is 1. The van der Waals surface area contributed by atoms with Crippen LogP contribution in [0.25, 0.3) is 0 Å². The van der Waals surface area contributed by atoms with Gasteiger partial charge < -0.3 is 15.2 Å². The molecule has 1 aliphatic heterocycles. The molecule has 0 bridgehead atoms. The molecule has 4 heteroatoms. The predicted molar refractivity (Wildman–Crippen MR) is 85.3 cm³/mol. The Kier molecular flexibility index (Phi) is 4.60. The Hall–Kier alpha value is -0.870. The topological polar surface area (TPSA) is 58.6 Å². The molecule has 0 radical (unpaired) electrons. The molecule has 0 amide bonds.